The topological polar surface area (TPSA) is 25.2 Å². The number of anilines is 1. The van der Waals surface area contributed by atoms with Crippen LogP contribution in [0.3, 0.4) is 0 Å². The van der Waals surface area contributed by atoms with Gasteiger partial charge in [0, 0.05) is 23.0 Å². The fourth-order valence-electron chi connectivity index (χ4n) is 2.75. The van der Waals surface area contributed by atoms with Crippen LogP contribution in [-0.4, -0.2) is 0 Å². The van der Waals surface area contributed by atoms with Crippen molar-refractivity contribution in [3.8, 4) is 0 Å². The number of rotatable bonds is 3. The predicted molar refractivity (Wildman–Crippen MR) is 92.2 cm³/mol. The highest BCUT2D eigenvalue weighted by atomic mass is 16.3. The monoisotopic (exact) mass is 287 g/mol. The molecule has 0 spiro atoms. The van der Waals surface area contributed by atoms with Gasteiger partial charge in [-0.2, -0.15) is 0 Å². The second kappa shape index (κ2) is 5.23. The molecule has 1 heterocycles. The van der Waals surface area contributed by atoms with E-state index < -0.39 is 0 Å². The van der Waals surface area contributed by atoms with E-state index in [-0.39, 0.29) is 0 Å². The van der Waals surface area contributed by atoms with Crippen LogP contribution in [0.4, 0.5) is 5.69 Å². The first kappa shape index (κ1) is 13.0. The zero-order valence-electron chi connectivity index (χ0n) is 12.5. The summed E-state index contributed by atoms with van der Waals surface area (Å²) in [7, 11) is 0. The lowest BCUT2D eigenvalue weighted by molar-refractivity contribution is 0.669. The third-order valence-electron chi connectivity index (χ3n) is 3.99. The standard InChI is InChI=1S/C20H17NO/c1-14-6-8-15(9-7-14)13-21-16-10-11-20-18(12-16)17-4-2-3-5-19(17)22-20/h2-12,21H,13H2,1H3. The van der Waals surface area contributed by atoms with E-state index in [0.29, 0.717) is 0 Å². The summed E-state index contributed by atoms with van der Waals surface area (Å²) in [5.41, 5.74) is 5.55. The predicted octanol–water partition coefficient (Wildman–Crippen LogP) is 5.51. The summed E-state index contributed by atoms with van der Waals surface area (Å²) in [5.74, 6) is 0. The zero-order valence-corrected chi connectivity index (χ0v) is 12.5. The Labute approximate surface area is 129 Å². The summed E-state index contributed by atoms with van der Waals surface area (Å²) >= 11 is 0. The Morgan fingerprint density at radius 3 is 2.45 bits per heavy atom. The molecule has 3 aromatic carbocycles. The molecule has 0 atom stereocenters. The Morgan fingerprint density at radius 1 is 0.818 bits per heavy atom. The molecule has 22 heavy (non-hydrogen) atoms. The molecule has 1 aromatic heterocycles. The summed E-state index contributed by atoms with van der Waals surface area (Å²) in [6.45, 7) is 2.93. The quantitative estimate of drug-likeness (QED) is 0.537. The van der Waals surface area contributed by atoms with Crippen LogP contribution in [0.15, 0.2) is 71.1 Å². The van der Waals surface area contributed by atoms with Crippen LogP contribution in [-0.2, 0) is 6.54 Å². The van der Waals surface area contributed by atoms with Crippen molar-refractivity contribution in [3.05, 3.63) is 77.9 Å². The summed E-state index contributed by atoms with van der Waals surface area (Å²) in [6, 6.07) is 23.0. The lowest BCUT2D eigenvalue weighted by Crippen LogP contribution is -1.98. The zero-order chi connectivity index (χ0) is 14.9. The molecule has 0 aliphatic carbocycles. The minimum Gasteiger partial charge on any atom is -0.456 e. The van der Waals surface area contributed by atoms with E-state index in [1.165, 1.54) is 11.1 Å². The molecule has 4 rings (SSSR count). The average molecular weight is 287 g/mol. The highest BCUT2D eigenvalue weighted by Gasteiger charge is 2.06. The number of fused-ring (bicyclic) bond motifs is 3. The van der Waals surface area contributed by atoms with E-state index in [2.05, 4.69) is 54.7 Å². The highest BCUT2D eigenvalue weighted by Crippen LogP contribution is 2.30. The SMILES string of the molecule is Cc1ccc(CNc2ccc3oc4ccccc4c3c2)cc1. The van der Waals surface area contributed by atoms with Crippen LogP contribution < -0.4 is 5.32 Å². The molecule has 0 saturated carbocycles. The molecule has 108 valence electrons. The summed E-state index contributed by atoms with van der Waals surface area (Å²) in [5, 5.41) is 5.81. The second-order valence-electron chi connectivity index (χ2n) is 5.65. The highest BCUT2D eigenvalue weighted by molar-refractivity contribution is 6.05. The number of hydrogen-bond donors (Lipinski definition) is 1. The van der Waals surface area contributed by atoms with Crippen molar-refractivity contribution in [3.63, 3.8) is 0 Å². The maximum absolute atomic E-state index is 5.86. The Morgan fingerprint density at radius 2 is 1.59 bits per heavy atom. The smallest absolute Gasteiger partial charge is 0.135 e. The van der Waals surface area contributed by atoms with Crippen LogP contribution >= 0.6 is 0 Å². The lowest BCUT2D eigenvalue weighted by Gasteiger charge is -2.07. The van der Waals surface area contributed by atoms with E-state index in [4.69, 9.17) is 4.42 Å². The number of nitrogens with one attached hydrogen (secondary N) is 1. The maximum atomic E-state index is 5.86. The lowest BCUT2D eigenvalue weighted by atomic mass is 10.1. The number of para-hydroxylation sites is 1. The molecule has 0 aliphatic heterocycles. The van der Waals surface area contributed by atoms with E-state index >= 15 is 0 Å². The van der Waals surface area contributed by atoms with Gasteiger partial charge in [0.2, 0.25) is 0 Å². The molecular weight excluding hydrogens is 270 g/mol. The molecule has 2 nitrogen and oxygen atoms in total. The van der Waals surface area contributed by atoms with Crippen molar-refractivity contribution in [1.82, 2.24) is 0 Å². The van der Waals surface area contributed by atoms with Gasteiger partial charge in [-0.25, -0.2) is 0 Å². The van der Waals surface area contributed by atoms with E-state index in [9.17, 15) is 0 Å². The summed E-state index contributed by atoms with van der Waals surface area (Å²) in [6.07, 6.45) is 0. The fourth-order valence-corrected chi connectivity index (χ4v) is 2.75. The average Bonchev–Trinajstić information content (AvgIpc) is 2.92. The molecule has 4 aromatic rings. The Hall–Kier alpha value is -2.74. The van der Waals surface area contributed by atoms with Crippen LogP contribution in [0, 0.1) is 6.92 Å². The van der Waals surface area contributed by atoms with Gasteiger partial charge < -0.3 is 9.73 Å². The number of aryl methyl sites for hydroxylation is 1. The minimum absolute atomic E-state index is 0.821. The number of furan rings is 1. The van der Waals surface area contributed by atoms with Crippen molar-refractivity contribution >= 4 is 27.6 Å². The largest absolute Gasteiger partial charge is 0.456 e. The molecule has 1 N–H and O–H groups in total. The Balaban J connectivity index is 1.64. The normalized spacial score (nSPS) is 11.1. The molecule has 0 amide bonds. The second-order valence-corrected chi connectivity index (χ2v) is 5.65. The van der Waals surface area contributed by atoms with Gasteiger partial charge in [0.05, 0.1) is 0 Å². The van der Waals surface area contributed by atoms with Gasteiger partial charge >= 0.3 is 0 Å². The van der Waals surface area contributed by atoms with Crippen LogP contribution in [0.25, 0.3) is 21.9 Å². The van der Waals surface area contributed by atoms with Gasteiger partial charge in [-0.1, -0.05) is 48.0 Å². The van der Waals surface area contributed by atoms with Crippen molar-refractivity contribution in [2.75, 3.05) is 5.32 Å². The van der Waals surface area contributed by atoms with E-state index in [1.807, 2.05) is 24.3 Å². The molecule has 0 bridgehead atoms. The van der Waals surface area contributed by atoms with Gasteiger partial charge in [0.1, 0.15) is 11.2 Å². The van der Waals surface area contributed by atoms with Crippen molar-refractivity contribution in [2.45, 2.75) is 13.5 Å². The first-order valence-corrected chi connectivity index (χ1v) is 7.50. The number of hydrogen-bond acceptors (Lipinski definition) is 2. The molecule has 0 aliphatic rings. The molecule has 0 unspecified atom stereocenters. The van der Waals surface area contributed by atoms with Gasteiger partial charge in [-0.05, 0) is 36.8 Å². The molecular formula is C20H17NO. The van der Waals surface area contributed by atoms with E-state index in [1.54, 1.807) is 0 Å². The Kier molecular flexibility index (Phi) is 3.08. The van der Waals surface area contributed by atoms with Gasteiger partial charge in [0.25, 0.3) is 0 Å². The maximum Gasteiger partial charge on any atom is 0.135 e. The molecule has 0 radical (unpaired) electrons. The van der Waals surface area contributed by atoms with Crippen LogP contribution in [0.2, 0.25) is 0 Å². The van der Waals surface area contributed by atoms with Crippen molar-refractivity contribution in [1.29, 1.82) is 0 Å². The van der Waals surface area contributed by atoms with Gasteiger partial charge in [-0.15, -0.1) is 0 Å². The summed E-state index contributed by atoms with van der Waals surface area (Å²) in [4.78, 5) is 0. The van der Waals surface area contributed by atoms with E-state index in [0.717, 1.165) is 34.2 Å². The minimum atomic E-state index is 0.821. The van der Waals surface area contributed by atoms with Gasteiger partial charge in [0.15, 0.2) is 0 Å². The molecule has 2 heteroatoms. The molecule has 0 saturated heterocycles. The third-order valence-corrected chi connectivity index (χ3v) is 3.99. The van der Waals surface area contributed by atoms with Crippen LogP contribution in [0.1, 0.15) is 11.1 Å². The van der Waals surface area contributed by atoms with Gasteiger partial charge in [-0.3, -0.25) is 0 Å². The molecule has 0 fully saturated rings. The number of benzene rings is 3. The summed E-state index contributed by atoms with van der Waals surface area (Å²) < 4.78 is 5.86. The van der Waals surface area contributed by atoms with Crippen molar-refractivity contribution in [2.24, 2.45) is 0 Å². The first-order valence-electron chi connectivity index (χ1n) is 7.50. The third kappa shape index (κ3) is 2.33. The van der Waals surface area contributed by atoms with Crippen molar-refractivity contribution < 1.29 is 4.42 Å². The van der Waals surface area contributed by atoms with Crippen LogP contribution in [0.5, 0.6) is 0 Å². The first-order chi connectivity index (χ1) is 10.8. The Bertz CT molecular complexity index is 935. The fraction of sp³-hybridized carbons (Fsp3) is 0.100.